The second-order valence-electron chi connectivity index (χ2n) is 4.75. The van der Waals surface area contributed by atoms with Gasteiger partial charge in [0, 0.05) is 24.1 Å². The molecule has 0 bridgehead atoms. The average molecular weight is 285 g/mol. The summed E-state index contributed by atoms with van der Waals surface area (Å²) >= 11 is 0. The Hall–Kier alpha value is -1.63. The van der Waals surface area contributed by atoms with Crippen molar-refractivity contribution in [3.8, 4) is 0 Å². The molecule has 1 aromatic rings. The van der Waals surface area contributed by atoms with Crippen molar-refractivity contribution in [1.29, 1.82) is 0 Å². The van der Waals surface area contributed by atoms with E-state index in [1.54, 1.807) is 6.07 Å². The lowest BCUT2D eigenvalue weighted by molar-refractivity contribution is 0.0956. The Kier molecular flexibility index (Phi) is 4.88. The van der Waals surface area contributed by atoms with Gasteiger partial charge in [0.1, 0.15) is 15.7 Å². The monoisotopic (exact) mass is 285 g/mol. The smallest absolute Gasteiger partial charge is 0.251 e. The van der Waals surface area contributed by atoms with Gasteiger partial charge in [-0.3, -0.25) is 4.79 Å². The largest absolute Gasteiger partial charge is 0.384 e. The first-order chi connectivity index (χ1) is 8.69. The Labute approximate surface area is 113 Å². The maximum absolute atomic E-state index is 11.9. The molecule has 6 nitrogen and oxygen atoms in total. The van der Waals surface area contributed by atoms with Gasteiger partial charge >= 0.3 is 0 Å². The number of aromatic nitrogens is 1. The molecule has 0 atom stereocenters. The molecule has 0 aliphatic heterocycles. The quantitative estimate of drug-likeness (QED) is 0.823. The van der Waals surface area contributed by atoms with Crippen LogP contribution in [0, 0.1) is 0 Å². The molecule has 0 unspecified atom stereocenters. The predicted molar refractivity (Wildman–Crippen MR) is 74.8 cm³/mol. The van der Waals surface area contributed by atoms with Crippen molar-refractivity contribution < 1.29 is 13.2 Å². The van der Waals surface area contributed by atoms with Crippen LogP contribution in [0.4, 0.5) is 5.82 Å². The molecular formula is C12H19N3O3S. The Bertz CT molecular complexity index is 568. The molecule has 7 heteroatoms. The molecule has 0 aromatic carbocycles. The molecule has 1 heterocycles. The van der Waals surface area contributed by atoms with Crippen LogP contribution >= 0.6 is 0 Å². The first-order valence-electron chi connectivity index (χ1n) is 5.92. The fourth-order valence-electron chi connectivity index (χ4n) is 1.45. The normalized spacial score (nSPS) is 11.6. The number of nitrogens with one attached hydrogen (secondary N) is 1. The minimum atomic E-state index is -3.08. The number of carbonyl (C=O) groups is 1. The first kappa shape index (κ1) is 15.4. The summed E-state index contributed by atoms with van der Waals surface area (Å²) in [6, 6.07) is 3.14. The van der Waals surface area contributed by atoms with Crippen LogP contribution in [0.5, 0.6) is 0 Å². The Balaban J connectivity index is 2.77. The molecular weight excluding hydrogens is 266 g/mol. The van der Waals surface area contributed by atoms with Gasteiger partial charge in [-0.2, -0.15) is 0 Å². The van der Waals surface area contributed by atoms with E-state index in [2.05, 4.69) is 10.3 Å². The summed E-state index contributed by atoms with van der Waals surface area (Å²) in [7, 11) is -3.08. The van der Waals surface area contributed by atoms with E-state index in [1.807, 2.05) is 13.8 Å². The SMILES string of the molecule is CC(C)c1cc(C(=O)NCCS(C)(=O)=O)cc(N)n1. The van der Waals surface area contributed by atoms with Gasteiger partial charge in [-0.25, -0.2) is 13.4 Å². The van der Waals surface area contributed by atoms with Crippen molar-refractivity contribution in [2.75, 3.05) is 24.3 Å². The van der Waals surface area contributed by atoms with Crippen molar-refractivity contribution in [2.45, 2.75) is 19.8 Å². The van der Waals surface area contributed by atoms with Crippen molar-refractivity contribution in [1.82, 2.24) is 10.3 Å². The standard InChI is InChI=1S/C12H19N3O3S/c1-8(2)10-6-9(7-11(13)15-10)12(16)14-4-5-19(3,17)18/h6-8H,4-5H2,1-3H3,(H2,13,15)(H,14,16). The van der Waals surface area contributed by atoms with Gasteiger partial charge in [-0.15, -0.1) is 0 Å². The van der Waals surface area contributed by atoms with Crippen LogP contribution in [0.2, 0.25) is 0 Å². The summed E-state index contributed by atoms with van der Waals surface area (Å²) in [6.45, 7) is 3.98. The Morgan fingerprint density at radius 2 is 2.05 bits per heavy atom. The van der Waals surface area contributed by atoms with Gasteiger partial charge in [0.2, 0.25) is 0 Å². The summed E-state index contributed by atoms with van der Waals surface area (Å²) in [6.07, 6.45) is 1.13. The molecule has 106 valence electrons. The van der Waals surface area contributed by atoms with Gasteiger partial charge in [0.05, 0.1) is 5.75 Å². The van der Waals surface area contributed by atoms with Crippen molar-refractivity contribution in [3.05, 3.63) is 23.4 Å². The molecule has 1 amide bonds. The summed E-state index contributed by atoms with van der Waals surface area (Å²) in [5.41, 5.74) is 6.77. The summed E-state index contributed by atoms with van der Waals surface area (Å²) in [5, 5.41) is 2.55. The fourth-order valence-corrected chi connectivity index (χ4v) is 1.93. The van der Waals surface area contributed by atoms with Gasteiger partial charge < -0.3 is 11.1 Å². The highest BCUT2D eigenvalue weighted by molar-refractivity contribution is 7.90. The number of rotatable bonds is 5. The average Bonchev–Trinajstić information content (AvgIpc) is 2.26. The van der Waals surface area contributed by atoms with E-state index in [9.17, 15) is 13.2 Å². The van der Waals surface area contributed by atoms with E-state index in [0.29, 0.717) is 5.56 Å². The van der Waals surface area contributed by atoms with Gasteiger partial charge in [-0.1, -0.05) is 13.8 Å². The van der Waals surface area contributed by atoms with E-state index in [-0.39, 0.29) is 29.9 Å². The Morgan fingerprint density at radius 3 is 2.58 bits per heavy atom. The van der Waals surface area contributed by atoms with Crippen molar-refractivity contribution >= 4 is 21.6 Å². The van der Waals surface area contributed by atoms with Gasteiger partial charge in [0.15, 0.2) is 0 Å². The molecule has 1 rings (SSSR count). The number of nitrogen functional groups attached to an aromatic ring is 1. The van der Waals surface area contributed by atoms with E-state index >= 15 is 0 Å². The van der Waals surface area contributed by atoms with Crippen LogP contribution in [-0.4, -0.2) is 37.9 Å². The zero-order valence-corrected chi connectivity index (χ0v) is 12.1. The third kappa shape index (κ3) is 5.25. The molecule has 3 N–H and O–H groups in total. The molecule has 0 fully saturated rings. The molecule has 0 spiro atoms. The highest BCUT2D eigenvalue weighted by Gasteiger charge is 2.11. The maximum Gasteiger partial charge on any atom is 0.251 e. The lowest BCUT2D eigenvalue weighted by Crippen LogP contribution is -2.29. The third-order valence-electron chi connectivity index (χ3n) is 2.48. The number of sulfone groups is 1. The first-order valence-corrected chi connectivity index (χ1v) is 7.98. The predicted octanol–water partition coefficient (Wildman–Crippen LogP) is 0.562. The highest BCUT2D eigenvalue weighted by Crippen LogP contribution is 2.15. The maximum atomic E-state index is 11.9. The zero-order valence-electron chi connectivity index (χ0n) is 11.3. The number of hydrogen-bond acceptors (Lipinski definition) is 5. The summed E-state index contributed by atoms with van der Waals surface area (Å²) < 4.78 is 21.9. The van der Waals surface area contributed by atoms with E-state index in [4.69, 9.17) is 5.73 Å². The topological polar surface area (TPSA) is 102 Å². The Morgan fingerprint density at radius 1 is 1.42 bits per heavy atom. The molecule has 0 aliphatic rings. The summed E-state index contributed by atoms with van der Waals surface area (Å²) in [5.74, 6) is 0.00117. The van der Waals surface area contributed by atoms with E-state index in [0.717, 1.165) is 11.9 Å². The van der Waals surface area contributed by atoms with Gasteiger partial charge in [-0.05, 0) is 18.1 Å². The lowest BCUT2D eigenvalue weighted by Gasteiger charge is -2.09. The van der Waals surface area contributed by atoms with Crippen LogP contribution in [-0.2, 0) is 9.84 Å². The van der Waals surface area contributed by atoms with Crippen LogP contribution in [0.25, 0.3) is 0 Å². The molecule has 0 aliphatic carbocycles. The molecule has 1 aromatic heterocycles. The number of carbonyl (C=O) groups excluding carboxylic acids is 1. The molecule has 0 saturated heterocycles. The lowest BCUT2D eigenvalue weighted by atomic mass is 10.1. The molecule has 0 radical (unpaired) electrons. The van der Waals surface area contributed by atoms with E-state index < -0.39 is 9.84 Å². The zero-order chi connectivity index (χ0) is 14.6. The van der Waals surface area contributed by atoms with Crippen LogP contribution in [0.15, 0.2) is 12.1 Å². The van der Waals surface area contributed by atoms with Crippen molar-refractivity contribution in [2.24, 2.45) is 0 Å². The number of amides is 1. The van der Waals surface area contributed by atoms with Crippen LogP contribution in [0.3, 0.4) is 0 Å². The third-order valence-corrected chi connectivity index (χ3v) is 3.42. The van der Waals surface area contributed by atoms with Crippen LogP contribution < -0.4 is 11.1 Å². The van der Waals surface area contributed by atoms with Crippen LogP contribution in [0.1, 0.15) is 35.8 Å². The van der Waals surface area contributed by atoms with E-state index in [1.165, 1.54) is 6.07 Å². The fraction of sp³-hybridized carbons (Fsp3) is 0.500. The highest BCUT2D eigenvalue weighted by atomic mass is 32.2. The number of pyridine rings is 1. The summed E-state index contributed by atoms with van der Waals surface area (Å²) in [4.78, 5) is 16.0. The minimum Gasteiger partial charge on any atom is -0.384 e. The molecule has 19 heavy (non-hydrogen) atoms. The molecule has 0 saturated carbocycles. The second kappa shape index (κ2) is 6.01. The minimum absolute atomic E-state index is 0.0803. The number of anilines is 1. The number of hydrogen-bond donors (Lipinski definition) is 2. The van der Waals surface area contributed by atoms with Gasteiger partial charge in [0.25, 0.3) is 5.91 Å². The van der Waals surface area contributed by atoms with Crippen molar-refractivity contribution in [3.63, 3.8) is 0 Å². The second-order valence-corrected chi connectivity index (χ2v) is 7.01. The number of nitrogens with two attached hydrogens (primary N) is 1. The number of nitrogens with zero attached hydrogens (tertiary/aromatic N) is 1.